The van der Waals surface area contributed by atoms with E-state index in [0.29, 0.717) is 5.92 Å². The zero-order chi connectivity index (χ0) is 14.1. The summed E-state index contributed by atoms with van der Waals surface area (Å²) in [6, 6.07) is 0. The van der Waals surface area contributed by atoms with Crippen molar-refractivity contribution in [2.24, 2.45) is 11.8 Å². The highest BCUT2D eigenvalue weighted by atomic mass is 32.2. The minimum Gasteiger partial charge on any atom is -0.350 e. The zero-order valence-corrected chi connectivity index (χ0v) is 13.8. The van der Waals surface area contributed by atoms with Gasteiger partial charge in [-0.1, -0.05) is 0 Å². The molecule has 7 heteroatoms. The number of hydrogen-bond acceptors (Lipinski definition) is 7. The maximum atomic E-state index is 5.50. The van der Waals surface area contributed by atoms with Crippen molar-refractivity contribution < 1.29 is 9.47 Å². The second kappa shape index (κ2) is 6.68. The Labute approximate surface area is 135 Å². The fourth-order valence-electron chi connectivity index (χ4n) is 3.74. The first-order valence-corrected chi connectivity index (χ1v) is 9.72. The standard InChI is InChI=1S/C14H23N3O2S2/c1-2-11-8-16(4-1)9-12(11)13-10-20-15-17(13)21-7-3-14-18-5-6-19-14/h10-12,14-15H,1-9H2. The van der Waals surface area contributed by atoms with Crippen LogP contribution in [0.3, 0.4) is 0 Å². The molecule has 21 heavy (non-hydrogen) atoms. The molecule has 118 valence electrons. The van der Waals surface area contributed by atoms with Crippen molar-refractivity contribution >= 4 is 23.9 Å². The average Bonchev–Trinajstić information content (AvgIpc) is 3.21. The Balaban J connectivity index is 1.30. The van der Waals surface area contributed by atoms with Crippen molar-refractivity contribution in [3.63, 3.8) is 0 Å². The third-order valence-corrected chi connectivity index (χ3v) is 6.50. The van der Waals surface area contributed by atoms with E-state index in [1.807, 2.05) is 11.9 Å². The van der Waals surface area contributed by atoms with Gasteiger partial charge in [0.25, 0.3) is 0 Å². The molecule has 3 atom stereocenters. The Bertz CT molecular complexity index is 404. The van der Waals surface area contributed by atoms with Gasteiger partial charge in [0.05, 0.1) is 18.9 Å². The monoisotopic (exact) mass is 329 g/mol. The molecular formula is C14H23N3O2S2. The molecule has 0 aromatic rings. The first kappa shape index (κ1) is 14.7. The molecule has 0 radical (unpaired) electrons. The van der Waals surface area contributed by atoms with E-state index in [-0.39, 0.29) is 6.29 Å². The predicted octanol–water partition coefficient (Wildman–Crippen LogP) is 2.05. The normalized spacial score (nSPS) is 36.5. The van der Waals surface area contributed by atoms with Gasteiger partial charge in [0.15, 0.2) is 6.29 Å². The lowest BCUT2D eigenvalue weighted by Crippen LogP contribution is -2.28. The van der Waals surface area contributed by atoms with Gasteiger partial charge in [0, 0.05) is 36.6 Å². The average molecular weight is 329 g/mol. The van der Waals surface area contributed by atoms with Crippen LogP contribution < -0.4 is 4.83 Å². The van der Waals surface area contributed by atoms with Crippen molar-refractivity contribution in [2.45, 2.75) is 25.6 Å². The number of rotatable bonds is 5. The number of hydrazine groups is 1. The zero-order valence-electron chi connectivity index (χ0n) is 12.2. The molecule has 3 unspecified atom stereocenters. The van der Waals surface area contributed by atoms with Gasteiger partial charge in [-0.25, -0.2) is 4.41 Å². The van der Waals surface area contributed by atoms with Crippen molar-refractivity contribution in [3.05, 3.63) is 11.1 Å². The van der Waals surface area contributed by atoms with E-state index in [1.165, 1.54) is 38.2 Å². The van der Waals surface area contributed by atoms with Gasteiger partial charge in [0.1, 0.15) is 0 Å². The fraction of sp³-hybridized carbons (Fsp3) is 0.857. The summed E-state index contributed by atoms with van der Waals surface area (Å²) in [7, 11) is 0. The molecular weight excluding hydrogens is 306 g/mol. The number of nitrogens with one attached hydrogen (secondary N) is 1. The van der Waals surface area contributed by atoms with E-state index in [1.54, 1.807) is 11.9 Å². The number of nitrogens with zero attached hydrogens (tertiary/aromatic N) is 2. The van der Waals surface area contributed by atoms with Crippen LogP contribution in [0.4, 0.5) is 0 Å². The number of hydrogen-bond donors (Lipinski definition) is 1. The molecule has 4 aliphatic heterocycles. The van der Waals surface area contributed by atoms with Gasteiger partial charge in [-0.05, 0) is 49.2 Å². The van der Waals surface area contributed by atoms with E-state index in [2.05, 4.69) is 19.6 Å². The molecule has 3 saturated heterocycles. The largest absolute Gasteiger partial charge is 0.350 e. The van der Waals surface area contributed by atoms with E-state index in [4.69, 9.17) is 9.47 Å². The van der Waals surface area contributed by atoms with Crippen molar-refractivity contribution in [2.75, 3.05) is 38.6 Å². The molecule has 0 aromatic carbocycles. The van der Waals surface area contributed by atoms with Crippen molar-refractivity contribution in [1.82, 2.24) is 14.1 Å². The fourth-order valence-corrected chi connectivity index (χ4v) is 5.62. The Hall–Kier alpha value is 0.0800. The highest BCUT2D eigenvalue weighted by Crippen LogP contribution is 2.41. The second-order valence-corrected chi connectivity index (χ2v) is 7.79. The van der Waals surface area contributed by atoms with Gasteiger partial charge >= 0.3 is 0 Å². The summed E-state index contributed by atoms with van der Waals surface area (Å²) < 4.78 is 13.3. The maximum Gasteiger partial charge on any atom is 0.158 e. The van der Waals surface area contributed by atoms with Crippen molar-refractivity contribution in [3.8, 4) is 0 Å². The number of piperidine rings is 1. The lowest BCUT2D eigenvalue weighted by atomic mass is 9.89. The summed E-state index contributed by atoms with van der Waals surface area (Å²) in [5.74, 6) is 2.59. The minimum atomic E-state index is 0.0111. The van der Waals surface area contributed by atoms with Gasteiger partial charge in [-0.2, -0.15) is 4.83 Å². The van der Waals surface area contributed by atoms with Crippen LogP contribution in [0.25, 0.3) is 0 Å². The summed E-state index contributed by atoms with van der Waals surface area (Å²) in [6.07, 6.45) is 3.74. The highest BCUT2D eigenvalue weighted by molar-refractivity contribution is 8.02. The van der Waals surface area contributed by atoms with Gasteiger partial charge in [-0.3, -0.25) is 0 Å². The van der Waals surface area contributed by atoms with Crippen LogP contribution in [-0.4, -0.2) is 54.2 Å². The summed E-state index contributed by atoms with van der Waals surface area (Å²) >= 11 is 3.56. The lowest BCUT2D eigenvalue weighted by molar-refractivity contribution is -0.0422. The Morgan fingerprint density at radius 1 is 1.33 bits per heavy atom. The summed E-state index contributed by atoms with van der Waals surface area (Å²) in [6.45, 7) is 5.33. The van der Waals surface area contributed by atoms with Crippen LogP contribution in [0.1, 0.15) is 19.3 Å². The Kier molecular flexibility index (Phi) is 4.66. The molecule has 0 saturated carbocycles. The van der Waals surface area contributed by atoms with Gasteiger partial charge < -0.3 is 14.4 Å². The molecule has 4 heterocycles. The third kappa shape index (κ3) is 3.23. The van der Waals surface area contributed by atoms with Crippen LogP contribution in [-0.2, 0) is 9.47 Å². The topological polar surface area (TPSA) is 37.0 Å². The SMILES string of the molecule is C1=C(C2CN3CCCC2C3)N(SCCC2OCCO2)NS1. The molecule has 1 N–H and O–H groups in total. The Morgan fingerprint density at radius 3 is 3.10 bits per heavy atom. The molecule has 4 rings (SSSR count). The molecule has 0 aliphatic carbocycles. The van der Waals surface area contributed by atoms with Gasteiger partial charge in [0.2, 0.25) is 0 Å². The summed E-state index contributed by atoms with van der Waals surface area (Å²) in [5, 5.41) is 2.31. The lowest BCUT2D eigenvalue weighted by Gasteiger charge is -2.27. The molecule has 5 nitrogen and oxygen atoms in total. The molecule has 2 bridgehead atoms. The first-order chi connectivity index (χ1) is 10.4. The number of fused-ring (bicyclic) bond motifs is 2. The van der Waals surface area contributed by atoms with Crippen LogP contribution in [0.15, 0.2) is 11.1 Å². The minimum absolute atomic E-state index is 0.0111. The van der Waals surface area contributed by atoms with Crippen LogP contribution >= 0.6 is 23.9 Å². The summed E-state index contributed by atoms with van der Waals surface area (Å²) in [4.78, 5) is 6.04. The molecule has 0 aromatic heterocycles. The van der Waals surface area contributed by atoms with E-state index >= 15 is 0 Å². The van der Waals surface area contributed by atoms with E-state index in [9.17, 15) is 0 Å². The van der Waals surface area contributed by atoms with Gasteiger partial charge in [-0.15, -0.1) is 0 Å². The first-order valence-electron chi connectivity index (χ1n) is 7.90. The van der Waals surface area contributed by atoms with E-state index in [0.717, 1.165) is 31.3 Å². The maximum absolute atomic E-state index is 5.50. The highest BCUT2D eigenvalue weighted by Gasteiger charge is 2.40. The molecule has 4 aliphatic rings. The predicted molar refractivity (Wildman–Crippen MR) is 86.1 cm³/mol. The van der Waals surface area contributed by atoms with E-state index < -0.39 is 0 Å². The summed E-state index contributed by atoms with van der Waals surface area (Å²) in [5.41, 5.74) is 1.48. The second-order valence-electron chi connectivity index (χ2n) is 6.11. The smallest absolute Gasteiger partial charge is 0.158 e. The number of ether oxygens (including phenoxy) is 2. The van der Waals surface area contributed by atoms with Crippen LogP contribution in [0.2, 0.25) is 0 Å². The molecule has 0 amide bonds. The van der Waals surface area contributed by atoms with Crippen molar-refractivity contribution in [1.29, 1.82) is 0 Å². The third-order valence-electron chi connectivity index (χ3n) is 4.76. The van der Waals surface area contributed by atoms with Crippen LogP contribution in [0, 0.1) is 11.8 Å². The molecule has 0 spiro atoms. The quantitative estimate of drug-likeness (QED) is 0.774. The Morgan fingerprint density at radius 2 is 2.24 bits per heavy atom. The van der Waals surface area contributed by atoms with Crippen LogP contribution in [0.5, 0.6) is 0 Å². The molecule has 3 fully saturated rings.